The molecule has 0 aromatic carbocycles. The van der Waals surface area contributed by atoms with Crippen LogP contribution in [0.3, 0.4) is 0 Å². The quantitative estimate of drug-likeness (QED) is 0.639. The Morgan fingerprint density at radius 3 is 2.94 bits per heavy atom. The summed E-state index contributed by atoms with van der Waals surface area (Å²) in [5.41, 5.74) is 5.84. The molecule has 1 saturated heterocycles. The predicted octanol–water partition coefficient (Wildman–Crippen LogP) is 0.208. The molecule has 6 nitrogen and oxygen atoms in total. The molecule has 1 aromatic rings. The van der Waals surface area contributed by atoms with Crippen LogP contribution in [0.15, 0.2) is 6.07 Å². The Hall–Kier alpha value is -1.56. The van der Waals surface area contributed by atoms with Gasteiger partial charge in [0, 0.05) is 12.6 Å². The molecular weight excluding hydrogens is 218 g/mol. The van der Waals surface area contributed by atoms with E-state index >= 15 is 0 Å². The Morgan fingerprint density at radius 2 is 2.29 bits per heavy atom. The first kappa shape index (κ1) is 11.9. The predicted molar refractivity (Wildman–Crippen MR) is 65.6 cm³/mol. The van der Waals surface area contributed by atoms with Gasteiger partial charge in [0.15, 0.2) is 0 Å². The van der Waals surface area contributed by atoms with Gasteiger partial charge in [0.25, 0.3) is 5.91 Å². The Balaban J connectivity index is 1.63. The molecule has 0 bridgehead atoms. The number of carbonyl (C=O) groups is 1. The molecule has 1 fully saturated rings. The third-order valence-electron chi connectivity index (χ3n) is 2.98. The van der Waals surface area contributed by atoms with Crippen molar-refractivity contribution in [3.63, 3.8) is 0 Å². The lowest BCUT2D eigenvalue weighted by atomic mass is 10.3. The fourth-order valence-electron chi connectivity index (χ4n) is 2.06. The molecule has 1 amide bonds. The van der Waals surface area contributed by atoms with Crippen molar-refractivity contribution < 1.29 is 4.79 Å². The van der Waals surface area contributed by atoms with Gasteiger partial charge < -0.3 is 16.0 Å². The number of nitrogens with two attached hydrogens (primary N) is 1. The summed E-state index contributed by atoms with van der Waals surface area (Å²) < 4.78 is 0. The van der Waals surface area contributed by atoms with Crippen LogP contribution in [0.25, 0.3) is 0 Å². The Kier molecular flexibility index (Phi) is 3.98. The smallest absolute Gasteiger partial charge is 0.269 e. The number of aromatic amines is 1. The maximum Gasteiger partial charge on any atom is 0.269 e. The van der Waals surface area contributed by atoms with Crippen LogP contribution in [0.2, 0.25) is 0 Å². The number of nitrogens with one attached hydrogen (secondary N) is 2. The molecule has 2 heterocycles. The zero-order valence-corrected chi connectivity index (χ0v) is 9.91. The molecule has 0 unspecified atom stereocenters. The highest BCUT2D eigenvalue weighted by Crippen LogP contribution is 2.07. The zero-order chi connectivity index (χ0) is 12.1. The van der Waals surface area contributed by atoms with Crippen LogP contribution in [0.4, 0.5) is 5.82 Å². The Bertz CT molecular complexity index is 370. The average molecular weight is 237 g/mol. The Morgan fingerprint density at radius 1 is 1.53 bits per heavy atom. The summed E-state index contributed by atoms with van der Waals surface area (Å²) in [7, 11) is 0. The lowest BCUT2D eigenvalue weighted by Crippen LogP contribution is -2.28. The number of aromatic nitrogens is 2. The van der Waals surface area contributed by atoms with E-state index < -0.39 is 0 Å². The van der Waals surface area contributed by atoms with E-state index in [-0.39, 0.29) is 5.91 Å². The summed E-state index contributed by atoms with van der Waals surface area (Å²) in [6, 6.07) is 1.54. The maximum absolute atomic E-state index is 11.6. The van der Waals surface area contributed by atoms with E-state index in [1.807, 2.05) is 0 Å². The van der Waals surface area contributed by atoms with Gasteiger partial charge in [0.2, 0.25) is 0 Å². The van der Waals surface area contributed by atoms with E-state index in [4.69, 9.17) is 5.73 Å². The molecule has 17 heavy (non-hydrogen) atoms. The fraction of sp³-hybridized carbons (Fsp3) is 0.636. The lowest BCUT2D eigenvalue weighted by Gasteiger charge is -2.13. The van der Waals surface area contributed by atoms with Crippen molar-refractivity contribution in [3.8, 4) is 0 Å². The first-order valence-corrected chi connectivity index (χ1v) is 6.07. The summed E-state index contributed by atoms with van der Waals surface area (Å²) in [4.78, 5) is 14.0. The number of rotatable bonds is 5. The van der Waals surface area contributed by atoms with Crippen LogP contribution in [-0.2, 0) is 0 Å². The van der Waals surface area contributed by atoms with Crippen molar-refractivity contribution in [2.75, 3.05) is 31.9 Å². The van der Waals surface area contributed by atoms with Crippen LogP contribution in [0.5, 0.6) is 0 Å². The van der Waals surface area contributed by atoms with Crippen molar-refractivity contribution in [3.05, 3.63) is 11.8 Å². The van der Waals surface area contributed by atoms with Gasteiger partial charge in [0.1, 0.15) is 11.5 Å². The number of nitrogens with zero attached hydrogens (tertiary/aromatic N) is 2. The van der Waals surface area contributed by atoms with Gasteiger partial charge in [-0.25, -0.2) is 0 Å². The van der Waals surface area contributed by atoms with Crippen molar-refractivity contribution in [1.82, 2.24) is 20.4 Å². The fourth-order valence-corrected chi connectivity index (χ4v) is 2.06. The van der Waals surface area contributed by atoms with Gasteiger partial charge in [-0.2, -0.15) is 5.10 Å². The highest BCUT2D eigenvalue weighted by molar-refractivity contribution is 5.92. The third-order valence-corrected chi connectivity index (χ3v) is 2.98. The topological polar surface area (TPSA) is 87.0 Å². The lowest BCUT2D eigenvalue weighted by molar-refractivity contribution is 0.0947. The second kappa shape index (κ2) is 5.67. The molecule has 0 atom stereocenters. The molecular formula is C11H19N5O. The van der Waals surface area contributed by atoms with E-state index in [0.717, 1.165) is 13.0 Å². The van der Waals surface area contributed by atoms with E-state index in [0.29, 0.717) is 18.1 Å². The maximum atomic E-state index is 11.6. The summed E-state index contributed by atoms with van der Waals surface area (Å²) in [5, 5.41) is 9.15. The summed E-state index contributed by atoms with van der Waals surface area (Å²) >= 11 is 0. The molecule has 94 valence electrons. The highest BCUT2D eigenvalue weighted by atomic mass is 16.1. The molecule has 0 aliphatic carbocycles. The molecule has 6 heteroatoms. The number of anilines is 1. The van der Waals surface area contributed by atoms with Gasteiger partial charge in [-0.05, 0) is 38.9 Å². The number of likely N-dealkylation sites (tertiary alicyclic amines) is 1. The van der Waals surface area contributed by atoms with E-state index in [2.05, 4.69) is 20.4 Å². The van der Waals surface area contributed by atoms with Crippen LogP contribution in [0.1, 0.15) is 29.8 Å². The third kappa shape index (κ3) is 3.45. The molecule has 0 saturated carbocycles. The zero-order valence-electron chi connectivity index (χ0n) is 9.91. The second-order valence-corrected chi connectivity index (χ2v) is 4.36. The standard InChI is InChI=1S/C11H19N5O/c12-10-8-9(14-15-10)11(17)13-4-3-7-16-5-1-2-6-16/h8H,1-7H2,(H,13,17)(H3,12,14,15). The molecule has 1 aliphatic rings. The highest BCUT2D eigenvalue weighted by Gasteiger charge is 2.11. The van der Waals surface area contributed by atoms with Crippen molar-refractivity contribution in [1.29, 1.82) is 0 Å². The first-order chi connectivity index (χ1) is 8.25. The van der Waals surface area contributed by atoms with E-state index in [9.17, 15) is 4.79 Å². The van der Waals surface area contributed by atoms with Gasteiger partial charge in [-0.1, -0.05) is 0 Å². The first-order valence-electron chi connectivity index (χ1n) is 6.07. The summed E-state index contributed by atoms with van der Waals surface area (Å²) in [5.74, 6) is 0.197. The number of carbonyl (C=O) groups excluding carboxylic acids is 1. The molecule has 4 N–H and O–H groups in total. The molecule has 1 aliphatic heterocycles. The van der Waals surface area contributed by atoms with Gasteiger partial charge >= 0.3 is 0 Å². The molecule has 0 radical (unpaired) electrons. The number of nitrogen functional groups attached to an aromatic ring is 1. The molecule has 0 spiro atoms. The van der Waals surface area contributed by atoms with E-state index in [1.54, 1.807) is 0 Å². The monoisotopic (exact) mass is 237 g/mol. The van der Waals surface area contributed by atoms with Crippen LogP contribution < -0.4 is 11.1 Å². The van der Waals surface area contributed by atoms with Crippen LogP contribution in [0, 0.1) is 0 Å². The second-order valence-electron chi connectivity index (χ2n) is 4.36. The van der Waals surface area contributed by atoms with Crippen molar-refractivity contribution >= 4 is 11.7 Å². The van der Waals surface area contributed by atoms with Gasteiger partial charge in [0.05, 0.1) is 0 Å². The summed E-state index contributed by atoms with van der Waals surface area (Å²) in [6.45, 7) is 4.15. The SMILES string of the molecule is Nc1cc(C(=O)NCCCN2CCCC2)[nH]n1. The van der Waals surface area contributed by atoms with E-state index in [1.165, 1.54) is 32.0 Å². The number of hydrogen-bond donors (Lipinski definition) is 3. The average Bonchev–Trinajstić information content (AvgIpc) is 2.95. The van der Waals surface area contributed by atoms with Crippen LogP contribution >= 0.6 is 0 Å². The number of H-pyrrole nitrogens is 1. The minimum Gasteiger partial charge on any atom is -0.382 e. The molecule has 2 rings (SSSR count). The number of amides is 1. The van der Waals surface area contributed by atoms with Gasteiger partial charge in [-0.3, -0.25) is 9.89 Å². The molecule has 1 aromatic heterocycles. The largest absolute Gasteiger partial charge is 0.382 e. The van der Waals surface area contributed by atoms with Gasteiger partial charge in [-0.15, -0.1) is 0 Å². The summed E-state index contributed by atoms with van der Waals surface area (Å²) in [6.07, 6.45) is 3.59. The van der Waals surface area contributed by atoms with Crippen molar-refractivity contribution in [2.24, 2.45) is 0 Å². The minimum atomic E-state index is -0.143. The number of hydrogen-bond acceptors (Lipinski definition) is 4. The van der Waals surface area contributed by atoms with Crippen LogP contribution in [-0.4, -0.2) is 47.2 Å². The minimum absolute atomic E-state index is 0.143. The normalized spacial score (nSPS) is 16.2. The Labute approximate surface area is 101 Å². The van der Waals surface area contributed by atoms with Crippen molar-refractivity contribution in [2.45, 2.75) is 19.3 Å².